The van der Waals surface area contributed by atoms with E-state index < -0.39 is 0 Å². The molecule has 2 aromatic carbocycles. The van der Waals surface area contributed by atoms with Gasteiger partial charge in [-0.3, -0.25) is 0 Å². The van der Waals surface area contributed by atoms with Crippen molar-refractivity contribution in [1.82, 2.24) is 9.55 Å². The zero-order valence-corrected chi connectivity index (χ0v) is 11.6. The minimum absolute atomic E-state index is 0.870. The van der Waals surface area contributed by atoms with Gasteiger partial charge in [-0.1, -0.05) is 23.9 Å². The van der Waals surface area contributed by atoms with Gasteiger partial charge in [0.1, 0.15) is 5.75 Å². The van der Waals surface area contributed by atoms with Gasteiger partial charge in [0, 0.05) is 11.9 Å². The summed E-state index contributed by atoms with van der Waals surface area (Å²) in [6.07, 6.45) is 0. The predicted molar refractivity (Wildman–Crippen MR) is 77.8 cm³/mol. The monoisotopic (exact) mass is 270 g/mol. The molecule has 0 aliphatic carbocycles. The van der Waals surface area contributed by atoms with Gasteiger partial charge in [-0.15, -0.1) is 0 Å². The molecule has 0 radical (unpaired) electrons. The van der Waals surface area contributed by atoms with Crippen LogP contribution in [0.3, 0.4) is 0 Å². The summed E-state index contributed by atoms with van der Waals surface area (Å²) in [6, 6.07) is 16.2. The standard InChI is InChI=1S/C15H14N2OS/c1-17-14-6-4-3-5-13(14)16-15(17)19-12-9-7-11(18-2)8-10-12/h3-10H,1-2H3. The van der Waals surface area contributed by atoms with Crippen LogP contribution in [0.2, 0.25) is 0 Å². The molecule has 0 saturated heterocycles. The Bertz CT molecular complexity index is 704. The third kappa shape index (κ3) is 2.31. The molecule has 3 rings (SSSR count). The highest BCUT2D eigenvalue weighted by Gasteiger charge is 2.08. The first-order valence-corrected chi connectivity index (χ1v) is 6.83. The van der Waals surface area contributed by atoms with Gasteiger partial charge in [0.2, 0.25) is 0 Å². The Morgan fingerprint density at radius 1 is 1.05 bits per heavy atom. The number of hydrogen-bond acceptors (Lipinski definition) is 3. The number of benzene rings is 2. The van der Waals surface area contributed by atoms with Gasteiger partial charge >= 0.3 is 0 Å². The third-order valence-electron chi connectivity index (χ3n) is 3.01. The van der Waals surface area contributed by atoms with E-state index in [4.69, 9.17) is 4.74 Å². The summed E-state index contributed by atoms with van der Waals surface area (Å²) in [4.78, 5) is 5.80. The van der Waals surface area contributed by atoms with Crippen LogP contribution in [0.5, 0.6) is 5.75 Å². The fraction of sp³-hybridized carbons (Fsp3) is 0.133. The van der Waals surface area contributed by atoms with Crippen molar-refractivity contribution in [3.8, 4) is 5.75 Å². The van der Waals surface area contributed by atoms with E-state index in [2.05, 4.69) is 15.6 Å². The molecular weight excluding hydrogens is 256 g/mol. The molecule has 1 aromatic heterocycles. The van der Waals surface area contributed by atoms with E-state index in [1.165, 1.54) is 0 Å². The fourth-order valence-corrected chi connectivity index (χ4v) is 2.83. The Balaban J connectivity index is 1.94. The second-order valence-electron chi connectivity index (χ2n) is 4.22. The van der Waals surface area contributed by atoms with Gasteiger partial charge in [0.15, 0.2) is 5.16 Å². The Kier molecular flexibility index (Phi) is 3.17. The molecule has 0 aliphatic rings. The van der Waals surface area contributed by atoms with Crippen molar-refractivity contribution in [2.24, 2.45) is 7.05 Å². The van der Waals surface area contributed by atoms with Crippen molar-refractivity contribution < 1.29 is 4.74 Å². The third-order valence-corrected chi connectivity index (χ3v) is 4.07. The van der Waals surface area contributed by atoms with Crippen LogP contribution >= 0.6 is 11.8 Å². The van der Waals surface area contributed by atoms with Gasteiger partial charge in [0.25, 0.3) is 0 Å². The van der Waals surface area contributed by atoms with Gasteiger partial charge in [-0.05, 0) is 36.4 Å². The molecule has 0 N–H and O–H groups in total. The summed E-state index contributed by atoms with van der Waals surface area (Å²) in [5.74, 6) is 0.870. The summed E-state index contributed by atoms with van der Waals surface area (Å²) < 4.78 is 7.28. The molecule has 19 heavy (non-hydrogen) atoms. The van der Waals surface area contributed by atoms with E-state index in [0.717, 1.165) is 26.8 Å². The topological polar surface area (TPSA) is 27.1 Å². The van der Waals surface area contributed by atoms with E-state index in [0.29, 0.717) is 0 Å². The maximum absolute atomic E-state index is 5.16. The number of aryl methyl sites for hydroxylation is 1. The van der Waals surface area contributed by atoms with Gasteiger partial charge in [-0.25, -0.2) is 4.98 Å². The van der Waals surface area contributed by atoms with Crippen molar-refractivity contribution >= 4 is 22.8 Å². The second kappa shape index (κ2) is 4.97. The van der Waals surface area contributed by atoms with Crippen molar-refractivity contribution in [3.63, 3.8) is 0 Å². The lowest BCUT2D eigenvalue weighted by atomic mass is 10.3. The zero-order valence-electron chi connectivity index (χ0n) is 10.8. The maximum atomic E-state index is 5.16. The number of aromatic nitrogens is 2. The van der Waals surface area contributed by atoms with Crippen LogP contribution in [0.25, 0.3) is 11.0 Å². The Labute approximate surface area is 116 Å². The highest BCUT2D eigenvalue weighted by molar-refractivity contribution is 7.99. The molecule has 0 atom stereocenters. The first kappa shape index (κ1) is 12.1. The average Bonchev–Trinajstić information content (AvgIpc) is 2.77. The molecule has 96 valence electrons. The summed E-state index contributed by atoms with van der Waals surface area (Å²) in [7, 11) is 3.72. The summed E-state index contributed by atoms with van der Waals surface area (Å²) in [5, 5.41) is 0.992. The average molecular weight is 270 g/mol. The number of fused-ring (bicyclic) bond motifs is 1. The smallest absolute Gasteiger partial charge is 0.173 e. The van der Waals surface area contributed by atoms with Crippen LogP contribution in [0.15, 0.2) is 58.6 Å². The second-order valence-corrected chi connectivity index (χ2v) is 5.26. The van der Waals surface area contributed by atoms with Crippen molar-refractivity contribution in [3.05, 3.63) is 48.5 Å². The molecule has 0 bridgehead atoms. The quantitative estimate of drug-likeness (QED) is 0.725. The fourth-order valence-electron chi connectivity index (χ4n) is 1.96. The van der Waals surface area contributed by atoms with Crippen molar-refractivity contribution in [2.75, 3.05) is 7.11 Å². The number of imidazole rings is 1. The van der Waals surface area contributed by atoms with Gasteiger partial charge < -0.3 is 9.30 Å². The van der Waals surface area contributed by atoms with Gasteiger partial charge in [-0.2, -0.15) is 0 Å². The van der Waals surface area contributed by atoms with Crippen LogP contribution in [0.4, 0.5) is 0 Å². The molecule has 0 spiro atoms. The van der Waals surface area contributed by atoms with Crippen molar-refractivity contribution in [1.29, 1.82) is 0 Å². The van der Waals surface area contributed by atoms with E-state index in [-0.39, 0.29) is 0 Å². The Morgan fingerprint density at radius 2 is 1.79 bits per heavy atom. The van der Waals surface area contributed by atoms with Crippen LogP contribution in [-0.2, 0) is 7.05 Å². The lowest BCUT2D eigenvalue weighted by molar-refractivity contribution is 0.414. The maximum Gasteiger partial charge on any atom is 0.173 e. The summed E-state index contributed by atoms with van der Waals surface area (Å²) in [6.45, 7) is 0. The zero-order chi connectivity index (χ0) is 13.2. The number of methoxy groups -OCH3 is 1. The van der Waals surface area contributed by atoms with Crippen LogP contribution in [0.1, 0.15) is 0 Å². The molecule has 4 heteroatoms. The Hall–Kier alpha value is -1.94. The summed E-state index contributed by atoms with van der Waals surface area (Å²) in [5.41, 5.74) is 2.18. The normalized spacial score (nSPS) is 10.8. The number of nitrogens with zero attached hydrogens (tertiary/aromatic N) is 2. The van der Waals surface area contributed by atoms with E-state index >= 15 is 0 Å². The molecule has 0 saturated carbocycles. The minimum atomic E-state index is 0.870. The molecule has 0 unspecified atom stereocenters. The lowest BCUT2D eigenvalue weighted by Gasteiger charge is -2.03. The van der Waals surface area contributed by atoms with E-state index in [9.17, 15) is 0 Å². The van der Waals surface area contributed by atoms with Crippen LogP contribution < -0.4 is 4.74 Å². The number of rotatable bonds is 3. The molecule has 0 aliphatic heterocycles. The van der Waals surface area contributed by atoms with Crippen LogP contribution in [0, 0.1) is 0 Å². The number of hydrogen-bond donors (Lipinski definition) is 0. The number of ether oxygens (including phenoxy) is 1. The molecule has 0 fully saturated rings. The molecule has 0 amide bonds. The highest BCUT2D eigenvalue weighted by Crippen LogP contribution is 2.30. The summed E-state index contributed by atoms with van der Waals surface area (Å²) >= 11 is 1.66. The van der Waals surface area contributed by atoms with Gasteiger partial charge in [0.05, 0.1) is 18.1 Å². The SMILES string of the molecule is COc1ccc(Sc2nc3ccccc3n2C)cc1. The van der Waals surface area contributed by atoms with E-state index in [1.807, 2.05) is 49.5 Å². The molecule has 3 aromatic rings. The molecule has 1 heterocycles. The highest BCUT2D eigenvalue weighted by atomic mass is 32.2. The predicted octanol–water partition coefficient (Wildman–Crippen LogP) is 3.73. The van der Waals surface area contributed by atoms with E-state index in [1.54, 1.807) is 18.9 Å². The lowest BCUT2D eigenvalue weighted by Crippen LogP contribution is -1.90. The Morgan fingerprint density at radius 3 is 2.47 bits per heavy atom. The number of para-hydroxylation sites is 2. The minimum Gasteiger partial charge on any atom is -0.497 e. The van der Waals surface area contributed by atoms with Crippen molar-refractivity contribution in [2.45, 2.75) is 10.1 Å². The first-order valence-electron chi connectivity index (χ1n) is 6.01. The largest absolute Gasteiger partial charge is 0.497 e. The van der Waals surface area contributed by atoms with Crippen LogP contribution in [-0.4, -0.2) is 16.7 Å². The molecule has 3 nitrogen and oxygen atoms in total. The molecular formula is C15H14N2OS. The first-order chi connectivity index (χ1) is 9.28.